The van der Waals surface area contributed by atoms with E-state index in [1.165, 1.54) is 13.0 Å². The predicted molar refractivity (Wildman–Crippen MR) is 150 cm³/mol. The molecule has 38 heavy (non-hydrogen) atoms. The number of ketones is 2. The summed E-state index contributed by atoms with van der Waals surface area (Å²) in [4.78, 5) is 26.3. The molecule has 1 aliphatic heterocycles. The molecule has 2 N–H and O–H groups in total. The van der Waals surface area contributed by atoms with Crippen molar-refractivity contribution in [3.63, 3.8) is 0 Å². The van der Waals surface area contributed by atoms with Gasteiger partial charge in [0.1, 0.15) is 20.1 Å². The molecule has 2 rings (SSSR count). The average Bonchev–Trinajstić information content (AvgIpc) is 3.33. The molecule has 1 aliphatic rings. The van der Waals surface area contributed by atoms with Crippen molar-refractivity contribution in [2.45, 2.75) is 131 Å². The van der Waals surface area contributed by atoms with Crippen LogP contribution in [-0.4, -0.2) is 57.4 Å². The Bertz CT molecular complexity index is 1220. The first-order chi connectivity index (χ1) is 17.6. The number of fused-ring (bicyclic) bond motifs is 1. The number of ether oxygens (including phenoxy) is 1. The number of sulfonamides is 1. The van der Waals surface area contributed by atoms with Crippen LogP contribution >= 0.6 is 11.3 Å². The molecule has 218 valence electrons. The Balaban J connectivity index is 2.48. The van der Waals surface area contributed by atoms with Gasteiger partial charge in [0, 0.05) is 11.6 Å². The Hall–Kier alpha value is -1.18. The third-order valence-electron chi connectivity index (χ3n) is 7.80. The van der Waals surface area contributed by atoms with E-state index in [2.05, 4.69) is 10.0 Å². The summed E-state index contributed by atoms with van der Waals surface area (Å²) in [6.45, 7) is 14.3. The van der Waals surface area contributed by atoms with Gasteiger partial charge in [-0.1, -0.05) is 41.0 Å². The fourth-order valence-electron chi connectivity index (χ4n) is 5.28. The average molecular weight is 593 g/mol. The smallest absolute Gasteiger partial charge is 0.251 e. The highest BCUT2D eigenvalue weighted by Gasteiger charge is 2.46. The van der Waals surface area contributed by atoms with E-state index < -0.39 is 48.1 Å². The summed E-state index contributed by atoms with van der Waals surface area (Å²) >= 11 is 0.723. The fraction of sp³-hybridized carbons (Fsp3) is 0.769. The quantitative estimate of drug-likeness (QED) is 0.308. The van der Waals surface area contributed by atoms with Gasteiger partial charge in [0.2, 0.25) is 0 Å². The van der Waals surface area contributed by atoms with Crippen molar-refractivity contribution >= 4 is 42.8 Å². The van der Waals surface area contributed by atoms with Gasteiger partial charge in [-0.05, 0) is 65.5 Å². The standard InChI is InChI=1S/C26H44N2O7S3/c1-9-14-26(12-4,19(8)29)35-18(7)23(30)25(10-2,11-3)28-38(33,34)22-16-20-21(27-13-5)15-17(6)37(31,32)24(20)36-22/h16-18,21,27-28H,9-15H2,1-8H3/t17-,18?,21?,26?/m0/s1. The van der Waals surface area contributed by atoms with Gasteiger partial charge in [0.05, 0.1) is 10.8 Å². The van der Waals surface area contributed by atoms with Crippen molar-refractivity contribution in [1.82, 2.24) is 10.0 Å². The zero-order chi connectivity index (χ0) is 29.1. The van der Waals surface area contributed by atoms with Gasteiger partial charge < -0.3 is 10.1 Å². The number of thiophene rings is 1. The number of hydrogen-bond acceptors (Lipinski definition) is 9. The molecule has 1 aromatic rings. The van der Waals surface area contributed by atoms with Crippen LogP contribution in [0, 0.1) is 0 Å². The lowest BCUT2D eigenvalue weighted by molar-refractivity contribution is -0.162. The lowest BCUT2D eigenvalue weighted by atomic mass is 9.85. The molecular formula is C26H44N2O7S3. The number of nitrogens with one attached hydrogen (secondary N) is 2. The third-order valence-corrected chi connectivity index (χ3v) is 13.7. The number of Topliss-reactive ketones (excluding diaryl/α,β-unsaturated/α-hetero) is 2. The summed E-state index contributed by atoms with van der Waals surface area (Å²) in [5.41, 5.74) is -2.15. The molecule has 0 spiro atoms. The first-order valence-electron chi connectivity index (χ1n) is 13.5. The van der Waals surface area contributed by atoms with E-state index in [-0.39, 0.29) is 33.1 Å². The molecular weight excluding hydrogens is 548 g/mol. The van der Waals surface area contributed by atoms with Crippen molar-refractivity contribution in [3.8, 4) is 0 Å². The van der Waals surface area contributed by atoms with Crippen LogP contribution in [-0.2, 0) is 34.2 Å². The van der Waals surface area contributed by atoms with E-state index in [0.29, 0.717) is 37.8 Å². The largest absolute Gasteiger partial charge is 0.356 e. The van der Waals surface area contributed by atoms with Crippen molar-refractivity contribution in [1.29, 1.82) is 0 Å². The molecule has 0 saturated heterocycles. The number of rotatable bonds is 15. The topological polar surface area (TPSA) is 136 Å². The van der Waals surface area contributed by atoms with E-state index >= 15 is 0 Å². The number of carbonyl (C=O) groups is 2. The summed E-state index contributed by atoms with van der Waals surface area (Å²) in [6, 6.07) is 1.14. The number of sulfone groups is 1. The lowest BCUT2D eigenvalue weighted by Crippen LogP contribution is -2.58. The molecule has 4 atom stereocenters. The molecule has 2 heterocycles. The first kappa shape index (κ1) is 33.0. The number of hydrogen-bond donors (Lipinski definition) is 2. The molecule has 0 amide bonds. The summed E-state index contributed by atoms with van der Waals surface area (Å²) in [6.07, 6.45) is 1.15. The molecule has 0 saturated carbocycles. The molecule has 1 aromatic heterocycles. The second-order valence-corrected chi connectivity index (χ2v) is 15.7. The summed E-state index contributed by atoms with van der Waals surface area (Å²) in [7, 11) is -7.93. The fourth-order valence-corrected chi connectivity index (χ4v) is 10.8. The summed E-state index contributed by atoms with van der Waals surface area (Å²) in [5.74, 6) is -0.634. The van der Waals surface area contributed by atoms with Crippen molar-refractivity contribution in [2.75, 3.05) is 6.54 Å². The van der Waals surface area contributed by atoms with Gasteiger partial charge in [-0.3, -0.25) is 9.59 Å². The molecule has 9 nitrogen and oxygen atoms in total. The normalized spacial score (nSPS) is 21.9. The van der Waals surface area contributed by atoms with Gasteiger partial charge in [-0.2, -0.15) is 4.72 Å². The molecule has 0 radical (unpaired) electrons. The minimum absolute atomic E-state index is 0.0537. The Morgan fingerprint density at radius 3 is 2.24 bits per heavy atom. The zero-order valence-electron chi connectivity index (χ0n) is 23.8. The molecule has 12 heteroatoms. The maximum absolute atomic E-state index is 13.8. The summed E-state index contributed by atoms with van der Waals surface area (Å²) < 4.78 is 62.0. The van der Waals surface area contributed by atoms with Gasteiger partial charge in [0.15, 0.2) is 21.4 Å². The SMILES string of the molecule is CCCC(CC)(OC(C)C(=O)C(CC)(CC)NS(=O)(=O)c1cc2c(s1)S(=O)(=O)[C@@H](C)CC2NCC)C(C)=O. The second-order valence-electron chi connectivity index (χ2n) is 10.2. The highest BCUT2D eigenvalue weighted by molar-refractivity contribution is 7.95. The molecule has 0 aliphatic carbocycles. The number of carbonyl (C=O) groups excluding carboxylic acids is 2. The minimum atomic E-state index is -4.26. The minimum Gasteiger partial charge on any atom is -0.356 e. The van der Waals surface area contributed by atoms with Crippen LogP contribution in [0.5, 0.6) is 0 Å². The van der Waals surface area contributed by atoms with E-state index in [1.807, 2.05) is 20.8 Å². The Kier molecular flexibility index (Phi) is 10.9. The van der Waals surface area contributed by atoms with Crippen LogP contribution in [0.2, 0.25) is 0 Å². The van der Waals surface area contributed by atoms with Gasteiger partial charge in [-0.25, -0.2) is 16.8 Å². The van der Waals surface area contributed by atoms with Crippen LogP contribution in [0.15, 0.2) is 14.5 Å². The highest BCUT2D eigenvalue weighted by atomic mass is 32.3. The van der Waals surface area contributed by atoms with Gasteiger partial charge in [-0.15, -0.1) is 11.3 Å². The Morgan fingerprint density at radius 1 is 1.16 bits per heavy atom. The van der Waals surface area contributed by atoms with Crippen molar-refractivity contribution < 1.29 is 31.2 Å². The Morgan fingerprint density at radius 2 is 1.76 bits per heavy atom. The maximum Gasteiger partial charge on any atom is 0.251 e. The van der Waals surface area contributed by atoms with E-state index in [4.69, 9.17) is 4.74 Å². The van der Waals surface area contributed by atoms with Crippen molar-refractivity contribution in [3.05, 3.63) is 11.6 Å². The van der Waals surface area contributed by atoms with Crippen LogP contribution in [0.1, 0.15) is 106 Å². The predicted octanol–water partition coefficient (Wildman–Crippen LogP) is 4.31. The third kappa shape index (κ3) is 6.25. The molecule has 0 aromatic carbocycles. The maximum atomic E-state index is 13.8. The summed E-state index contributed by atoms with van der Waals surface area (Å²) in [5, 5.41) is 2.61. The van der Waals surface area contributed by atoms with Crippen LogP contribution in [0.4, 0.5) is 0 Å². The van der Waals surface area contributed by atoms with E-state index in [0.717, 1.165) is 11.3 Å². The van der Waals surface area contributed by atoms with E-state index in [1.54, 1.807) is 27.7 Å². The van der Waals surface area contributed by atoms with Crippen LogP contribution < -0.4 is 10.0 Å². The lowest BCUT2D eigenvalue weighted by Gasteiger charge is -2.37. The van der Waals surface area contributed by atoms with Crippen molar-refractivity contribution in [2.24, 2.45) is 0 Å². The van der Waals surface area contributed by atoms with Crippen LogP contribution in [0.3, 0.4) is 0 Å². The van der Waals surface area contributed by atoms with Crippen LogP contribution in [0.25, 0.3) is 0 Å². The molecule has 3 unspecified atom stereocenters. The Labute approximate surface area is 232 Å². The highest BCUT2D eigenvalue weighted by Crippen LogP contribution is 2.43. The van der Waals surface area contributed by atoms with Gasteiger partial charge in [0.25, 0.3) is 10.0 Å². The second kappa shape index (κ2) is 12.6. The zero-order valence-corrected chi connectivity index (χ0v) is 26.3. The monoisotopic (exact) mass is 592 g/mol. The van der Waals surface area contributed by atoms with E-state index in [9.17, 15) is 26.4 Å². The molecule has 0 bridgehead atoms. The molecule has 0 fully saturated rings. The first-order valence-corrected chi connectivity index (χ1v) is 17.3. The van der Waals surface area contributed by atoms with Gasteiger partial charge >= 0.3 is 0 Å².